The van der Waals surface area contributed by atoms with Gasteiger partial charge in [-0.05, 0) is 36.7 Å². The Hall–Kier alpha value is -0.780. The zero-order chi connectivity index (χ0) is 11.6. The van der Waals surface area contributed by atoms with Crippen LogP contribution in [0.25, 0.3) is 0 Å². The molecule has 0 nitrogen and oxygen atoms in total. The van der Waals surface area contributed by atoms with Crippen LogP contribution in [0.5, 0.6) is 0 Å². The monoisotopic (exact) mass is 216 g/mol. The Labute approximate surface area is 100 Å². The maximum Gasteiger partial charge on any atom is -0.0222 e. The van der Waals surface area contributed by atoms with E-state index in [0.29, 0.717) is 5.41 Å². The third kappa shape index (κ3) is 2.48. The SMILES string of the molecule is Cc1cccc(CC2(C)CCCCC2C)c1. The maximum absolute atomic E-state index is 2.49. The van der Waals surface area contributed by atoms with Crippen molar-refractivity contribution in [2.75, 3.05) is 0 Å². The molecule has 1 saturated carbocycles. The Kier molecular flexibility index (Phi) is 3.37. The molecule has 1 aromatic rings. The minimum Gasteiger partial charge on any atom is -0.0620 e. The average Bonchev–Trinajstić information content (AvgIpc) is 2.23. The van der Waals surface area contributed by atoms with Crippen LogP contribution in [0.15, 0.2) is 24.3 Å². The summed E-state index contributed by atoms with van der Waals surface area (Å²) in [5, 5.41) is 0. The fourth-order valence-electron chi connectivity index (χ4n) is 3.13. The number of benzene rings is 1. The van der Waals surface area contributed by atoms with E-state index in [2.05, 4.69) is 45.0 Å². The molecule has 0 radical (unpaired) electrons. The average molecular weight is 216 g/mol. The highest BCUT2D eigenvalue weighted by Gasteiger charge is 2.33. The highest BCUT2D eigenvalue weighted by Crippen LogP contribution is 2.43. The van der Waals surface area contributed by atoms with E-state index in [0.717, 1.165) is 5.92 Å². The first-order valence-electron chi connectivity index (χ1n) is 6.66. The molecule has 0 aromatic heterocycles. The largest absolute Gasteiger partial charge is 0.0620 e. The topological polar surface area (TPSA) is 0 Å². The predicted octanol–water partition coefficient (Wildman–Crippen LogP) is 4.75. The van der Waals surface area contributed by atoms with E-state index in [9.17, 15) is 0 Å². The zero-order valence-electron chi connectivity index (χ0n) is 10.9. The summed E-state index contributed by atoms with van der Waals surface area (Å²) in [5.41, 5.74) is 3.45. The zero-order valence-corrected chi connectivity index (χ0v) is 10.9. The number of hydrogen-bond donors (Lipinski definition) is 0. The van der Waals surface area contributed by atoms with Gasteiger partial charge in [0.2, 0.25) is 0 Å². The highest BCUT2D eigenvalue weighted by atomic mass is 14.4. The first-order valence-corrected chi connectivity index (χ1v) is 6.66. The smallest absolute Gasteiger partial charge is 0.0222 e. The van der Waals surface area contributed by atoms with E-state index in [1.165, 1.54) is 43.2 Å². The van der Waals surface area contributed by atoms with Crippen molar-refractivity contribution in [3.05, 3.63) is 35.4 Å². The molecule has 2 rings (SSSR count). The van der Waals surface area contributed by atoms with Crippen LogP contribution in [0.1, 0.15) is 50.7 Å². The van der Waals surface area contributed by atoms with E-state index in [-0.39, 0.29) is 0 Å². The molecule has 16 heavy (non-hydrogen) atoms. The molecule has 0 amide bonds. The van der Waals surface area contributed by atoms with Gasteiger partial charge in [-0.3, -0.25) is 0 Å². The van der Waals surface area contributed by atoms with Crippen molar-refractivity contribution in [3.8, 4) is 0 Å². The van der Waals surface area contributed by atoms with Crippen LogP contribution in [0.2, 0.25) is 0 Å². The fourth-order valence-corrected chi connectivity index (χ4v) is 3.13. The van der Waals surface area contributed by atoms with E-state index in [4.69, 9.17) is 0 Å². The standard InChI is InChI=1S/C16H24/c1-13-7-6-9-15(11-13)12-16(3)10-5-4-8-14(16)2/h6-7,9,11,14H,4-5,8,10,12H2,1-3H3. The van der Waals surface area contributed by atoms with Gasteiger partial charge < -0.3 is 0 Å². The Morgan fingerprint density at radius 3 is 2.81 bits per heavy atom. The van der Waals surface area contributed by atoms with Crippen molar-refractivity contribution in [2.45, 2.75) is 52.9 Å². The Bertz CT molecular complexity index is 353. The number of aryl methyl sites for hydroxylation is 1. The molecule has 1 fully saturated rings. The van der Waals surface area contributed by atoms with Crippen molar-refractivity contribution < 1.29 is 0 Å². The van der Waals surface area contributed by atoms with Crippen LogP contribution in [0.3, 0.4) is 0 Å². The van der Waals surface area contributed by atoms with Gasteiger partial charge in [-0.2, -0.15) is 0 Å². The molecule has 0 spiro atoms. The number of rotatable bonds is 2. The molecule has 1 aliphatic carbocycles. The molecule has 0 N–H and O–H groups in total. The summed E-state index contributed by atoms with van der Waals surface area (Å²) in [4.78, 5) is 0. The Morgan fingerprint density at radius 1 is 1.31 bits per heavy atom. The van der Waals surface area contributed by atoms with Crippen molar-refractivity contribution in [3.63, 3.8) is 0 Å². The second-order valence-electron chi connectivity index (χ2n) is 5.97. The van der Waals surface area contributed by atoms with Gasteiger partial charge in [0.25, 0.3) is 0 Å². The molecule has 0 aliphatic heterocycles. The molecule has 1 aliphatic rings. The molecule has 0 saturated heterocycles. The fraction of sp³-hybridized carbons (Fsp3) is 0.625. The van der Waals surface area contributed by atoms with Crippen molar-refractivity contribution in [1.29, 1.82) is 0 Å². The van der Waals surface area contributed by atoms with Crippen LogP contribution in [-0.4, -0.2) is 0 Å². The summed E-state index contributed by atoms with van der Waals surface area (Å²) in [6, 6.07) is 9.03. The Balaban J connectivity index is 2.13. The second-order valence-corrected chi connectivity index (χ2v) is 5.97. The normalized spacial score (nSPS) is 30.3. The maximum atomic E-state index is 2.49. The summed E-state index contributed by atoms with van der Waals surface area (Å²) >= 11 is 0. The summed E-state index contributed by atoms with van der Waals surface area (Å²) in [5.74, 6) is 0.877. The highest BCUT2D eigenvalue weighted by molar-refractivity contribution is 5.23. The summed E-state index contributed by atoms with van der Waals surface area (Å²) in [6.07, 6.45) is 6.94. The van der Waals surface area contributed by atoms with Gasteiger partial charge in [-0.25, -0.2) is 0 Å². The quantitative estimate of drug-likeness (QED) is 0.669. The summed E-state index contributed by atoms with van der Waals surface area (Å²) in [6.45, 7) is 7.12. The minimum atomic E-state index is 0.534. The third-order valence-electron chi connectivity index (χ3n) is 4.52. The molecular weight excluding hydrogens is 192 g/mol. The molecule has 0 heteroatoms. The van der Waals surface area contributed by atoms with Gasteiger partial charge in [0.15, 0.2) is 0 Å². The lowest BCUT2D eigenvalue weighted by molar-refractivity contribution is 0.130. The predicted molar refractivity (Wildman–Crippen MR) is 70.6 cm³/mol. The lowest BCUT2D eigenvalue weighted by Gasteiger charge is -2.40. The van der Waals surface area contributed by atoms with Crippen LogP contribution in [-0.2, 0) is 6.42 Å². The molecule has 2 atom stereocenters. The molecule has 2 unspecified atom stereocenters. The first-order chi connectivity index (χ1) is 7.60. The van der Waals surface area contributed by atoms with Crippen molar-refractivity contribution in [1.82, 2.24) is 0 Å². The molecule has 1 aromatic carbocycles. The summed E-state index contributed by atoms with van der Waals surface area (Å²) in [7, 11) is 0. The van der Waals surface area contributed by atoms with Crippen molar-refractivity contribution in [2.24, 2.45) is 11.3 Å². The van der Waals surface area contributed by atoms with Gasteiger partial charge in [-0.15, -0.1) is 0 Å². The second kappa shape index (κ2) is 4.61. The van der Waals surface area contributed by atoms with E-state index < -0.39 is 0 Å². The molecule has 88 valence electrons. The third-order valence-corrected chi connectivity index (χ3v) is 4.52. The van der Waals surface area contributed by atoms with Crippen LogP contribution >= 0.6 is 0 Å². The number of hydrogen-bond acceptors (Lipinski definition) is 0. The van der Waals surface area contributed by atoms with E-state index in [1.54, 1.807) is 0 Å². The molecule has 0 heterocycles. The summed E-state index contributed by atoms with van der Waals surface area (Å²) < 4.78 is 0. The van der Waals surface area contributed by atoms with Gasteiger partial charge in [0, 0.05) is 0 Å². The van der Waals surface area contributed by atoms with E-state index >= 15 is 0 Å². The van der Waals surface area contributed by atoms with Gasteiger partial charge in [-0.1, -0.05) is 62.9 Å². The van der Waals surface area contributed by atoms with E-state index in [1.807, 2.05) is 0 Å². The van der Waals surface area contributed by atoms with Crippen LogP contribution in [0.4, 0.5) is 0 Å². The van der Waals surface area contributed by atoms with Crippen molar-refractivity contribution >= 4 is 0 Å². The molecular formula is C16H24. The van der Waals surface area contributed by atoms with Gasteiger partial charge >= 0.3 is 0 Å². The Morgan fingerprint density at radius 2 is 2.12 bits per heavy atom. The first kappa shape index (κ1) is 11.7. The lowest BCUT2D eigenvalue weighted by atomic mass is 9.65. The minimum absolute atomic E-state index is 0.534. The van der Waals surface area contributed by atoms with Crippen LogP contribution < -0.4 is 0 Å². The van der Waals surface area contributed by atoms with Gasteiger partial charge in [0.1, 0.15) is 0 Å². The van der Waals surface area contributed by atoms with Gasteiger partial charge in [0.05, 0.1) is 0 Å². The lowest BCUT2D eigenvalue weighted by Crippen LogP contribution is -2.31. The molecule has 0 bridgehead atoms. The van der Waals surface area contributed by atoms with Crippen LogP contribution in [0, 0.1) is 18.3 Å².